The molecule has 18 heavy (non-hydrogen) atoms. The van der Waals surface area contributed by atoms with Gasteiger partial charge >= 0.3 is 5.97 Å². The average Bonchev–Trinajstić information content (AvgIpc) is 2.38. The maximum Gasteiger partial charge on any atom is 0.331 e. The van der Waals surface area contributed by atoms with E-state index in [0.29, 0.717) is 5.57 Å². The summed E-state index contributed by atoms with van der Waals surface area (Å²) in [5.74, 6) is -0.672. The minimum absolute atomic E-state index is 0.137. The first-order valence-electron chi connectivity index (χ1n) is 6.31. The standard InChI is InChI=1S/C15H17ClO2/c16-13-8-6-12(7-9-13)14(15(17)18)10-11-4-2-1-3-5-11/h1-5,10,12-13H,6-9H2,(H,17,18). The molecule has 0 spiro atoms. The molecule has 1 aromatic rings. The second-order valence-corrected chi connectivity index (χ2v) is 5.38. The van der Waals surface area contributed by atoms with E-state index in [9.17, 15) is 9.90 Å². The lowest BCUT2D eigenvalue weighted by Gasteiger charge is -2.25. The molecule has 0 aromatic heterocycles. The number of benzene rings is 1. The molecule has 2 nitrogen and oxygen atoms in total. The predicted molar refractivity (Wildman–Crippen MR) is 73.7 cm³/mol. The van der Waals surface area contributed by atoms with Crippen LogP contribution >= 0.6 is 11.6 Å². The lowest BCUT2D eigenvalue weighted by molar-refractivity contribution is -0.133. The molecule has 96 valence electrons. The van der Waals surface area contributed by atoms with Gasteiger partial charge in [-0.2, -0.15) is 0 Å². The van der Waals surface area contributed by atoms with Gasteiger partial charge in [0.1, 0.15) is 0 Å². The maximum atomic E-state index is 11.4. The predicted octanol–water partition coefficient (Wildman–Crippen LogP) is 3.95. The fraction of sp³-hybridized carbons (Fsp3) is 0.400. The van der Waals surface area contributed by atoms with Gasteiger partial charge in [-0.1, -0.05) is 30.3 Å². The lowest BCUT2D eigenvalue weighted by atomic mass is 9.83. The monoisotopic (exact) mass is 264 g/mol. The van der Waals surface area contributed by atoms with E-state index < -0.39 is 5.97 Å². The van der Waals surface area contributed by atoms with Gasteiger partial charge in [-0.25, -0.2) is 4.79 Å². The first kappa shape index (κ1) is 13.2. The Hall–Kier alpha value is -1.28. The largest absolute Gasteiger partial charge is 0.478 e. The van der Waals surface area contributed by atoms with E-state index in [1.807, 2.05) is 30.3 Å². The van der Waals surface area contributed by atoms with E-state index in [4.69, 9.17) is 11.6 Å². The molecule has 1 saturated carbocycles. The van der Waals surface area contributed by atoms with E-state index in [-0.39, 0.29) is 11.3 Å². The van der Waals surface area contributed by atoms with Gasteiger partial charge in [-0.15, -0.1) is 11.6 Å². The first-order valence-corrected chi connectivity index (χ1v) is 6.74. The molecule has 1 fully saturated rings. The van der Waals surface area contributed by atoms with Crippen molar-refractivity contribution in [1.29, 1.82) is 0 Å². The Morgan fingerprint density at radius 1 is 1.17 bits per heavy atom. The van der Waals surface area contributed by atoms with Crippen molar-refractivity contribution in [3.05, 3.63) is 41.5 Å². The molecule has 0 saturated heterocycles. The maximum absolute atomic E-state index is 11.4. The summed E-state index contributed by atoms with van der Waals surface area (Å²) in [6.07, 6.45) is 5.36. The third-order valence-corrected chi connectivity index (χ3v) is 3.90. The number of hydrogen-bond acceptors (Lipinski definition) is 1. The number of hydrogen-bond donors (Lipinski definition) is 1. The van der Waals surface area contributed by atoms with Crippen LogP contribution in [-0.4, -0.2) is 16.5 Å². The van der Waals surface area contributed by atoms with Crippen LogP contribution in [0.1, 0.15) is 31.2 Å². The van der Waals surface area contributed by atoms with Crippen molar-refractivity contribution in [2.75, 3.05) is 0 Å². The zero-order valence-electron chi connectivity index (χ0n) is 10.2. The van der Waals surface area contributed by atoms with Gasteiger partial charge in [0, 0.05) is 11.0 Å². The van der Waals surface area contributed by atoms with Crippen LogP contribution in [-0.2, 0) is 4.79 Å². The minimum Gasteiger partial charge on any atom is -0.478 e. The summed E-state index contributed by atoms with van der Waals surface area (Å²) >= 11 is 6.06. The third-order valence-electron chi connectivity index (χ3n) is 3.47. The molecule has 1 aliphatic carbocycles. The first-order chi connectivity index (χ1) is 8.66. The second kappa shape index (κ2) is 6.05. The van der Waals surface area contributed by atoms with Crippen molar-refractivity contribution in [3.63, 3.8) is 0 Å². The van der Waals surface area contributed by atoms with Crippen LogP contribution < -0.4 is 0 Å². The molecule has 0 heterocycles. The zero-order chi connectivity index (χ0) is 13.0. The molecule has 1 aromatic carbocycles. The number of carbonyl (C=O) groups is 1. The minimum atomic E-state index is -0.808. The zero-order valence-corrected chi connectivity index (χ0v) is 10.9. The summed E-state index contributed by atoms with van der Waals surface area (Å²) in [5.41, 5.74) is 1.47. The van der Waals surface area contributed by atoms with Gasteiger partial charge in [0.2, 0.25) is 0 Å². The Kier molecular flexibility index (Phi) is 4.43. The number of carboxylic acids is 1. The smallest absolute Gasteiger partial charge is 0.331 e. The van der Waals surface area contributed by atoms with E-state index in [0.717, 1.165) is 31.2 Å². The quantitative estimate of drug-likeness (QED) is 0.663. The Morgan fingerprint density at radius 2 is 1.78 bits per heavy atom. The summed E-state index contributed by atoms with van der Waals surface area (Å²) < 4.78 is 0. The van der Waals surface area contributed by atoms with E-state index in [1.54, 1.807) is 6.08 Å². The van der Waals surface area contributed by atoms with Crippen LogP contribution in [0.5, 0.6) is 0 Å². The van der Waals surface area contributed by atoms with Crippen molar-refractivity contribution in [3.8, 4) is 0 Å². The molecule has 1 N–H and O–H groups in total. The Bertz CT molecular complexity index is 431. The molecule has 0 aliphatic heterocycles. The Balaban J connectivity index is 2.18. The molecule has 0 unspecified atom stereocenters. The Labute approximate surface area is 112 Å². The topological polar surface area (TPSA) is 37.3 Å². The second-order valence-electron chi connectivity index (χ2n) is 4.76. The van der Waals surface area contributed by atoms with E-state index in [2.05, 4.69) is 0 Å². The van der Waals surface area contributed by atoms with Crippen molar-refractivity contribution in [2.45, 2.75) is 31.1 Å². The van der Waals surface area contributed by atoms with Gasteiger partial charge in [-0.3, -0.25) is 0 Å². The van der Waals surface area contributed by atoms with Gasteiger partial charge in [0.25, 0.3) is 0 Å². The number of aliphatic carboxylic acids is 1. The summed E-state index contributed by atoms with van der Waals surface area (Å²) in [6, 6.07) is 9.62. The number of rotatable bonds is 3. The van der Waals surface area contributed by atoms with Gasteiger partial charge in [0.05, 0.1) is 0 Å². The van der Waals surface area contributed by atoms with Crippen LogP contribution in [0, 0.1) is 5.92 Å². The highest BCUT2D eigenvalue weighted by Crippen LogP contribution is 2.33. The fourth-order valence-corrected chi connectivity index (χ4v) is 2.70. The van der Waals surface area contributed by atoms with E-state index >= 15 is 0 Å². The normalized spacial score (nSPS) is 24.8. The van der Waals surface area contributed by atoms with Gasteiger partial charge in [0.15, 0.2) is 0 Å². The van der Waals surface area contributed by atoms with Crippen LogP contribution in [0.3, 0.4) is 0 Å². The number of carboxylic acid groups (broad SMARTS) is 1. The molecular formula is C15H17ClO2. The summed E-state index contributed by atoms with van der Waals surface area (Å²) in [6.45, 7) is 0. The highest BCUT2D eigenvalue weighted by Gasteiger charge is 2.26. The molecule has 1 aliphatic rings. The Morgan fingerprint density at radius 3 is 2.33 bits per heavy atom. The van der Waals surface area contributed by atoms with Crippen LogP contribution in [0.25, 0.3) is 6.08 Å². The van der Waals surface area contributed by atoms with Crippen molar-refractivity contribution >= 4 is 23.6 Å². The highest BCUT2D eigenvalue weighted by atomic mass is 35.5. The summed E-state index contributed by atoms with van der Waals surface area (Å²) in [5, 5.41) is 9.57. The molecule has 0 amide bonds. The van der Waals surface area contributed by atoms with Crippen molar-refractivity contribution in [1.82, 2.24) is 0 Å². The molecule has 3 heteroatoms. The average molecular weight is 265 g/mol. The number of halogens is 1. The molecule has 0 radical (unpaired) electrons. The summed E-state index contributed by atoms with van der Waals surface area (Å²) in [7, 11) is 0. The lowest BCUT2D eigenvalue weighted by Crippen LogP contribution is -2.20. The highest BCUT2D eigenvalue weighted by molar-refractivity contribution is 6.20. The number of alkyl halides is 1. The van der Waals surface area contributed by atoms with Crippen molar-refractivity contribution in [2.24, 2.45) is 5.92 Å². The third kappa shape index (κ3) is 3.36. The summed E-state index contributed by atoms with van der Waals surface area (Å²) in [4.78, 5) is 11.4. The van der Waals surface area contributed by atoms with Crippen LogP contribution in [0.4, 0.5) is 0 Å². The van der Waals surface area contributed by atoms with Crippen LogP contribution in [0.2, 0.25) is 0 Å². The molecular weight excluding hydrogens is 248 g/mol. The van der Waals surface area contributed by atoms with Gasteiger partial charge in [-0.05, 0) is 43.2 Å². The van der Waals surface area contributed by atoms with Crippen molar-refractivity contribution < 1.29 is 9.90 Å². The fourth-order valence-electron chi connectivity index (χ4n) is 2.45. The molecule has 0 atom stereocenters. The molecule has 2 rings (SSSR count). The van der Waals surface area contributed by atoms with Gasteiger partial charge < -0.3 is 5.11 Å². The molecule has 0 bridgehead atoms. The van der Waals surface area contributed by atoms with Crippen LogP contribution in [0.15, 0.2) is 35.9 Å². The SMILES string of the molecule is O=C(O)C(=Cc1ccccc1)C1CCC(Cl)CC1. The van der Waals surface area contributed by atoms with E-state index in [1.165, 1.54) is 0 Å².